The Morgan fingerprint density at radius 2 is 2.27 bits per heavy atom. The van der Waals surface area contributed by atoms with Crippen molar-refractivity contribution in [1.82, 2.24) is 0 Å². The molecular formula is C11H11NO3. The summed E-state index contributed by atoms with van der Waals surface area (Å²) >= 11 is 0. The quantitative estimate of drug-likeness (QED) is 0.705. The Morgan fingerprint density at radius 3 is 2.80 bits per heavy atom. The highest BCUT2D eigenvalue weighted by Gasteiger charge is 2.12. The van der Waals surface area contributed by atoms with Crippen molar-refractivity contribution in [2.45, 2.75) is 6.92 Å². The number of carbonyl (C=O) groups is 1. The lowest BCUT2D eigenvalue weighted by atomic mass is 10.1. The average molecular weight is 205 g/mol. The Morgan fingerprint density at radius 1 is 1.53 bits per heavy atom. The number of methoxy groups -OCH3 is 1. The van der Waals surface area contributed by atoms with E-state index in [1.54, 1.807) is 13.0 Å². The molecule has 78 valence electrons. The second-order valence-corrected chi connectivity index (χ2v) is 2.74. The van der Waals surface area contributed by atoms with Crippen LogP contribution in [-0.4, -0.2) is 19.7 Å². The van der Waals surface area contributed by atoms with E-state index in [9.17, 15) is 4.79 Å². The number of hydrogen-bond acceptors (Lipinski definition) is 4. The molecule has 0 fully saturated rings. The number of hydrogen-bond donors (Lipinski definition) is 0. The molecule has 0 N–H and O–H groups in total. The molecule has 0 aliphatic heterocycles. The molecule has 1 rings (SSSR count). The molecule has 1 aromatic carbocycles. The normalized spacial score (nSPS) is 9.13. The van der Waals surface area contributed by atoms with E-state index in [0.29, 0.717) is 5.75 Å². The number of nitrogens with zero attached hydrogens (tertiary/aromatic N) is 1. The minimum Gasteiger partial charge on any atom is -0.497 e. The van der Waals surface area contributed by atoms with E-state index in [4.69, 9.17) is 14.7 Å². The van der Waals surface area contributed by atoms with Crippen LogP contribution in [0.5, 0.6) is 5.75 Å². The molecule has 1 aromatic rings. The van der Waals surface area contributed by atoms with Crippen LogP contribution < -0.4 is 4.74 Å². The Balaban J connectivity index is 3.09. The summed E-state index contributed by atoms with van der Waals surface area (Å²) in [5.41, 5.74) is 0.521. The SMILES string of the molecule is CCOC(=O)c1ccc(OC)cc1C#N. The van der Waals surface area contributed by atoms with Crippen LogP contribution in [0.25, 0.3) is 0 Å². The van der Waals surface area contributed by atoms with E-state index >= 15 is 0 Å². The first kappa shape index (κ1) is 11.1. The van der Waals surface area contributed by atoms with Crippen molar-refractivity contribution >= 4 is 5.97 Å². The van der Waals surface area contributed by atoms with Crippen LogP contribution >= 0.6 is 0 Å². The monoisotopic (exact) mass is 205 g/mol. The number of benzene rings is 1. The standard InChI is InChI=1S/C11H11NO3/c1-3-15-11(13)10-5-4-9(14-2)6-8(10)7-12/h4-6H,3H2,1-2H3. The summed E-state index contributed by atoms with van der Waals surface area (Å²) < 4.78 is 9.76. The third-order valence-corrected chi connectivity index (χ3v) is 1.84. The summed E-state index contributed by atoms with van der Waals surface area (Å²) in [6.45, 7) is 2.00. The van der Waals surface area contributed by atoms with Gasteiger partial charge in [0.25, 0.3) is 0 Å². The zero-order chi connectivity index (χ0) is 11.3. The fourth-order valence-electron chi connectivity index (χ4n) is 1.13. The zero-order valence-corrected chi connectivity index (χ0v) is 8.61. The summed E-state index contributed by atoms with van der Waals surface area (Å²) in [7, 11) is 1.50. The predicted molar refractivity (Wildman–Crippen MR) is 53.7 cm³/mol. The van der Waals surface area contributed by atoms with Gasteiger partial charge in [-0.25, -0.2) is 4.79 Å². The lowest BCUT2D eigenvalue weighted by Crippen LogP contribution is -2.06. The fourth-order valence-corrected chi connectivity index (χ4v) is 1.13. The van der Waals surface area contributed by atoms with Crippen molar-refractivity contribution in [3.8, 4) is 11.8 Å². The molecule has 15 heavy (non-hydrogen) atoms. The van der Waals surface area contributed by atoms with Gasteiger partial charge < -0.3 is 9.47 Å². The second kappa shape index (κ2) is 5.01. The molecule has 0 saturated carbocycles. The van der Waals surface area contributed by atoms with Gasteiger partial charge in [-0.2, -0.15) is 5.26 Å². The van der Waals surface area contributed by atoms with Gasteiger partial charge in [0.2, 0.25) is 0 Å². The number of ether oxygens (including phenoxy) is 2. The predicted octanol–water partition coefficient (Wildman–Crippen LogP) is 1.74. The lowest BCUT2D eigenvalue weighted by Gasteiger charge is -2.05. The first-order valence-corrected chi connectivity index (χ1v) is 4.48. The van der Waals surface area contributed by atoms with Gasteiger partial charge in [-0.1, -0.05) is 0 Å². The molecule has 0 atom stereocenters. The molecule has 0 aliphatic rings. The van der Waals surface area contributed by atoms with Crippen LogP contribution in [0.1, 0.15) is 22.8 Å². The Hall–Kier alpha value is -2.02. The van der Waals surface area contributed by atoms with Gasteiger partial charge in [0, 0.05) is 0 Å². The first-order valence-electron chi connectivity index (χ1n) is 4.48. The van der Waals surface area contributed by atoms with Crippen LogP contribution in [-0.2, 0) is 4.74 Å². The summed E-state index contributed by atoms with van der Waals surface area (Å²) in [5, 5.41) is 8.84. The van der Waals surface area contributed by atoms with Crippen LogP contribution in [0.2, 0.25) is 0 Å². The third-order valence-electron chi connectivity index (χ3n) is 1.84. The maximum absolute atomic E-state index is 11.4. The van der Waals surface area contributed by atoms with E-state index in [0.717, 1.165) is 0 Å². The summed E-state index contributed by atoms with van der Waals surface area (Å²) in [5.74, 6) is 0.0521. The lowest BCUT2D eigenvalue weighted by molar-refractivity contribution is 0.0526. The van der Waals surface area contributed by atoms with Crippen molar-refractivity contribution in [1.29, 1.82) is 5.26 Å². The topological polar surface area (TPSA) is 59.3 Å². The molecule has 0 unspecified atom stereocenters. The minimum absolute atomic E-state index is 0.257. The van der Waals surface area contributed by atoms with Crippen molar-refractivity contribution in [3.05, 3.63) is 29.3 Å². The van der Waals surface area contributed by atoms with Gasteiger partial charge in [-0.3, -0.25) is 0 Å². The number of nitriles is 1. The molecule has 0 amide bonds. The van der Waals surface area contributed by atoms with E-state index in [1.165, 1.54) is 19.2 Å². The molecule has 0 spiro atoms. The molecule has 0 radical (unpaired) electrons. The third kappa shape index (κ3) is 2.47. The van der Waals surface area contributed by atoms with E-state index in [2.05, 4.69) is 0 Å². The van der Waals surface area contributed by atoms with Crippen molar-refractivity contribution in [2.75, 3.05) is 13.7 Å². The average Bonchev–Trinajstić information content (AvgIpc) is 2.28. The largest absolute Gasteiger partial charge is 0.497 e. The van der Waals surface area contributed by atoms with Gasteiger partial charge in [-0.05, 0) is 25.1 Å². The molecule has 0 bridgehead atoms. The van der Waals surface area contributed by atoms with Crippen LogP contribution in [0, 0.1) is 11.3 Å². The van der Waals surface area contributed by atoms with Gasteiger partial charge in [0.1, 0.15) is 11.8 Å². The van der Waals surface area contributed by atoms with Crippen LogP contribution in [0.15, 0.2) is 18.2 Å². The van der Waals surface area contributed by atoms with Gasteiger partial charge in [0.05, 0.1) is 24.8 Å². The second-order valence-electron chi connectivity index (χ2n) is 2.74. The summed E-state index contributed by atoms with van der Waals surface area (Å²) in [6.07, 6.45) is 0. The molecule has 0 aliphatic carbocycles. The van der Waals surface area contributed by atoms with Crippen LogP contribution in [0.4, 0.5) is 0 Å². The van der Waals surface area contributed by atoms with Crippen molar-refractivity contribution in [2.24, 2.45) is 0 Å². The maximum atomic E-state index is 11.4. The van der Waals surface area contributed by atoms with Crippen molar-refractivity contribution in [3.63, 3.8) is 0 Å². The number of esters is 1. The summed E-state index contributed by atoms with van der Waals surface area (Å²) in [6, 6.07) is 6.58. The molecular weight excluding hydrogens is 194 g/mol. The van der Waals surface area contributed by atoms with Crippen LogP contribution in [0.3, 0.4) is 0 Å². The highest BCUT2D eigenvalue weighted by molar-refractivity contribution is 5.92. The minimum atomic E-state index is -0.489. The van der Waals surface area contributed by atoms with Gasteiger partial charge in [0.15, 0.2) is 0 Å². The Kier molecular flexibility index (Phi) is 3.69. The number of carbonyl (C=O) groups excluding carboxylic acids is 1. The highest BCUT2D eigenvalue weighted by Crippen LogP contribution is 2.17. The molecule has 0 saturated heterocycles. The molecule has 0 heterocycles. The number of rotatable bonds is 3. The zero-order valence-electron chi connectivity index (χ0n) is 8.61. The first-order chi connectivity index (χ1) is 7.22. The maximum Gasteiger partial charge on any atom is 0.339 e. The van der Waals surface area contributed by atoms with Crippen molar-refractivity contribution < 1.29 is 14.3 Å². The van der Waals surface area contributed by atoms with E-state index < -0.39 is 5.97 Å². The van der Waals surface area contributed by atoms with Gasteiger partial charge in [-0.15, -0.1) is 0 Å². The highest BCUT2D eigenvalue weighted by atomic mass is 16.5. The van der Waals surface area contributed by atoms with E-state index in [-0.39, 0.29) is 17.7 Å². The Bertz CT molecular complexity index is 407. The fraction of sp³-hybridized carbons (Fsp3) is 0.273. The molecule has 4 nitrogen and oxygen atoms in total. The van der Waals surface area contributed by atoms with E-state index in [1.807, 2.05) is 6.07 Å². The molecule has 4 heteroatoms. The molecule has 0 aromatic heterocycles. The van der Waals surface area contributed by atoms with Gasteiger partial charge >= 0.3 is 5.97 Å². The summed E-state index contributed by atoms with van der Waals surface area (Å²) in [4.78, 5) is 11.4. The smallest absolute Gasteiger partial charge is 0.339 e. The Labute approximate surface area is 88.0 Å².